The first-order valence-corrected chi connectivity index (χ1v) is 5.59. The van der Waals surface area contributed by atoms with E-state index < -0.39 is 0 Å². The standard InChI is InChI=1S/C13H15N3O.H3N/c1-8(17)9-2-4-10(5-3-9)12(14)13(15)11-6-16-7-11;/h2-5,11,14-16H,6-7H2,1H3;1H3. The first-order chi connectivity index (χ1) is 8.09. The largest absolute Gasteiger partial charge is 0.344 e. The van der Waals surface area contributed by atoms with Crippen LogP contribution in [0.1, 0.15) is 22.8 Å². The van der Waals surface area contributed by atoms with Crippen LogP contribution in [0.3, 0.4) is 0 Å². The maximum absolute atomic E-state index is 11.1. The molecule has 5 heteroatoms. The number of nitrogens with one attached hydrogen (secondary N) is 3. The maximum Gasteiger partial charge on any atom is 0.159 e. The molecule has 1 aliphatic rings. The Balaban J connectivity index is 0.00000162. The molecule has 0 bridgehead atoms. The summed E-state index contributed by atoms with van der Waals surface area (Å²) < 4.78 is 0. The van der Waals surface area contributed by atoms with E-state index >= 15 is 0 Å². The summed E-state index contributed by atoms with van der Waals surface area (Å²) in [7, 11) is 0. The molecule has 5 nitrogen and oxygen atoms in total. The number of hydrogen-bond donors (Lipinski definition) is 4. The first kappa shape index (κ1) is 14.2. The molecule has 0 radical (unpaired) electrons. The van der Waals surface area contributed by atoms with Crippen molar-refractivity contribution >= 4 is 17.2 Å². The van der Waals surface area contributed by atoms with Crippen molar-refractivity contribution in [2.24, 2.45) is 5.92 Å². The smallest absolute Gasteiger partial charge is 0.159 e. The van der Waals surface area contributed by atoms with E-state index in [9.17, 15) is 4.79 Å². The van der Waals surface area contributed by atoms with Crippen LogP contribution in [0.25, 0.3) is 0 Å². The first-order valence-electron chi connectivity index (χ1n) is 5.59. The zero-order valence-corrected chi connectivity index (χ0v) is 10.4. The van der Waals surface area contributed by atoms with Crippen molar-refractivity contribution in [3.8, 4) is 0 Å². The van der Waals surface area contributed by atoms with Gasteiger partial charge in [-0.05, 0) is 6.92 Å². The summed E-state index contributed by atoms with van der Waals surface area (Å²) in [5, 5.41) is 18.9. The number of carbonyl (C=O) groups excluding carboxylic acids is 1. The Labute approximate surface area is 106 Å². The monoisotopic (exact) mass is 246 g/mol. The highest BCUT2D eigenvalue weighted by Gasteiger charge is 2.24. The van der Waals surface area contributed by atoms with Crippen molar-refractivity contribution in [1.82, 2.24) is 11.5 Å². The van der Waals surface area contributed by atoms with Crippen LogP contribution in [0, 0.1) is 16.7 Å². The number of Topliss-reactive ketones (excluding diaryl/α,β-unsaturated/α-hetero) is 1. The minimum absolute atomic E-state index is 0. The van der Waals surface area contributed by atoms with E-state index in [0.717, 1.165) is 13.1 Å². The molecule has 0 saturated carbocycles. The molecule has 1 saturated heterocycles. The Bertz CT molecular complexity index is 474. The summed E-state index contributed by atoms with van der Waals surface area (Å²) in [6, 6.07) is 6.89. The molecule has 1 aliphatic heterocycles. The van der Waals surface area contributed by atoms with Gasteiger partial charge in [0.15, 0.2) is 5.78 Å². The van der Waals surface area contributed by atoms with Gasteiger partial charge in [0, 0.05) is 30.1 Å². The molecule has 1 heterocycles. The quantitative estimate of drug-likeness (QED) is 0.478. The average molecular weight is 246 g/mol. The van der Waals surface area contributed by atoms with Gasteiger partial charge >= 0.3 is 0 Å². The number of benzene rings is 1. The van der Waals surface area contributed by atoms with Crippen LogP contribution < -0.4 is 11.5 Å². The molecule has 0 amide bonds. The molecule has 0 aliphatic carbocycles. The van der Waals surface area contributed by atoms with Gasteiger partial charge in [-0.2, -0.15) is 0 Å². The van der Waals surface area contributed by atoms with Gasteiger partial charge < -0.3 is 16.9 Å². The Hall–Kier alpha value is -1.85. The van der Waals surface area contributed by atoms with Crippen LogP contribution >= 0.6 is 0 Å². The van der Waals surface area contributed by atoms with E-state index in [1.165, 1.54) is 6.92 Å². The van der Waals surface area contributed by atoms with Crippen LogP contribution in [0.4, 0.5) is 0 Å². The molecule has 96 valence electrons. The Kier molecular flexibility index (Phi) is 4.47. The SMILES string of the molecule is CC(=O)c1ccc(C(=N)C(=N)C2CNC2)cc1.N. The molecule has 0 unspecified atom stereocenters. The predicted molar refractivity (Wildman–Crippen MR) is 72.4 cm³/mol. The molecule has 1 aromatic rings. The van der Waals surface area contributed by atoms with Crippen molar-refractivity contribution in [2.75, 3.05) is 13.1 Å². The zero-order valence-electron chi connectivity index (χ0n) is 10.4. The third-order valence-corrected chi connectivity index (χ3v) is 3.04. The second kappa shape index (κ2) is 5.66. The summed E-state index contributed by atoms with van der Waals surface area (Å²) in [6.45, 7) is 3.09. The highest BCUT2D eigenvalue weighted by atomic mass is 16.1. The van der Waals surface area contributed by atoms with Gasteiger partial charge in [0.05, 0.1) is 11.4 Å². The van der Waals surface area contributed by atoms with Crippen molar-refractivity contribution in [2.45, 2.75) is 6.92 Å². The van der Waals surface area contributed by atoms with Crippen molar-refractivity contribution in [3.05, 3.63) is 35.4 Å². The highest BCUT2D eigenvalue weighted by molar-refractivity contribution is 6.47. The number of ketones is 1. The third-order valence-electron chi connectivity index (χ3n) is 3.04. The summed E-state index contributed by atoms with van der Waals surface area (Å²) in [5.41, 5.74) is 1.97. The fourth-order valence-corrected chi connectivity index (χ4v) is 1.72. The molecular formula is C13H18N4O. The van der Waals surface area contributed by atoms with E-state index in [0.29, 0.717) is 16.8 Å². The van der Waals surface area contributed by atoms with Crippen molar-refractivity contribution in [3.63, 3.8) is 0 Å². The summed E-state index contributed by atoms with van der Waals surface area (Å²) >= 11 is 0. The Morgan fingerprint density at radius 1 is 1.17 bits per heavy atom. The lowest BCUT2D eigenvalue weighted by Gasteiger charge is -2.27. The molecule has 6 N–H and O–H groups in total. The fraction of sp³-hybridized carbons (Fsp3) is 0.308. The second-order valence-corrected chi connectivity index (χ2v) is 4.28. The number of hydrogen-bond acceptors (Lipinski definition) is 5. The average Bonchev–Trinajstić information content (AvgIpc) is 2.25. The van der Waals surface area contributed by atoms with Gasteiger partial charge in [0.2, 0.25) is 0 Å². The maximum atomic E-state index is 11.1. The van der Waals surface area contributed by atoms with Crippen molar-refractivity contribution in [1.29, 1.82) is 10.8 Å². The topological polar surface area (TPSA) is 112 Å². The van der Waals surface area contributed by atoms with Crippen LogP contribution in [-0.4, -0.2) is 30.3 Å². The fourth-order valence-electron chi connectivity index (χ4n) is 1.72. The Morgan fingerprint density at radius 3 is 2.06 bits per heavy atom. The van der Waals surface area contributed by atoms with E-state index in [2.05, 4.69) is 5.32 Å². The van der Waals surface area contributed by atoms with Gasteiger partial charge in [-0.25, -0.2) is 0 Å². The lowest BCUT2D eigenvalue weighted by Crippen LogP contribution is -2.48. The van der Waals surface area contributed by atoms with Gasteiger partial charge in [-0.3, -0.25) is 10.2 Å². The molecule has 0 aromatic heterocycles. The van der Waals surface area contributed by atoms with Crippen LogP contribution in [0.2, 0.25) is 0 Å². The van der Waals surface area contributed by atoms with E-state index in [1.54, 1.807) is 24.3 Å². The molecule has 2 rings (SSSR count). The van der Waals surface area contributed by atoms with E-state index in [1.807, 2.05) is 0 Å². The van der Waals surface area contributed by atoms with Gasteiger partial charge in [-0.1, -0.05) is 24.3 Å². The summed E-state index contributed by atoms with van der Waals surface area (Å²) in [6.07, 6.45) is 0. The van der Waals surface area contributed by atoms with Gasteiger partial charge in [-0.15, -0.1) is 0 Å². The molecule has 0 spiro atoms. The zero-order chi connectivity index (χ0) is 12.4. The number of carbonyl (C=O) groups is 1. The molecule has 1 fully saturated rings. The van der Waals surface area contributed by atoms with Crippen LogP contribution in [-0.2, 0) is 0 Å². The molecular weight excluding hydrogens is 228 g/mol. The van der Waals surface area contributed by atoms with Gasteiger partial charge in [0.1, 0.15) is 0 Å². The van der Waals surface area contributed by atoms with Crippen LogP contribution in [0.5, 0.6) is 0 Å². The lowest BCUT2D eigenvalue weighted by atomic mass is 9.90. The highest BCUT2D eigenvalue weighted by Crippen LogP contribution is 2.12. The number of rotatable bonds is 4. The third kappa shape index (κ3) is 2.69. The molecule has 18 heavy (non-hydrogen) atoms. The van der Waals surface area contributed by atoms with E-state index in [4.69, 9.17) is 10.8 Å². The minimum Gasteiger partial charge on any atom is -0.344 e. The summed E-state index contributed by atoms with van der Waals surface area (Å²) in [4.78, 5) is 11.1. The lowest BCUT2D eigenvalue weighted by molar-refractivity contribution is 0.101. The second-order valence-electron chi connectivity index (χ2n) is 4.28. The van der Waals surface area contributed by atoms with E-state index in [-0.39, 0.29) is 23.6 Å². The van der Waals surface area contributed by atoms with Crippen LogP contribution in [0.15, 0.2) is 24.3 Å². The minimum atomic E-state index is 0. The predicted octanol–water partition coefficient (Wildman–Crippen LogP) is 1.66. The molecule has 1 aromatic carbocycles. The normalized spacial score (nSPS) is 14.3. The van der Waals surface area contributed by atoms with Crippen molar-refractivity contribution < 1.29 is 4.79 Å². The van der Waals surface area contributed by atoms with Gasteiger partial charge in [0.25, 0.3) is 0 Å². The Morgan fingerprint density at radius 2 is 1.67 bits per heavy atom. The molecule has 0 atom stereocenters. The summed E-state index contributed by atoms with van der Waals surface area (Å²) in [5.74, 6) is 0.177.